The Morgan fingerprint density at radius 3 is 1.38 bits per heavy atom. The zero-order valence-electron chi connectivity index (χ0n) is 33.0. The number of aromatic nitrogens is 1. The van der Waals surface area contributed by atoms with Gasteiger partial charge in [-0.2, -0.15) is 0 Å². The van der Waals surface area contributed by atoms with Crippen LogP contribution < -0.4 is 4.90 Å². The van der Waals surface area contributed by atoms with Crippen molar-refractivity contribution in [1.29, 1.82) is 0 Å². The van der Waals surface area contributed by atoms with E-state index in [0.717, 1.165) is 22.7 Å². The van der Waals surface area contributed by atoms with Gasteiger partial charge in [0, 0.05) is 38.9 Å². The third kappa shape index (κ3) is 6.32. The Bertz CT molecular complexity index is 3260. The van der Waals surface area contributed by atoms with Crippen LogP contribution in [0.15, 0.2) is 243 Å². The van der Waals surface area contributed by atoms with Crippen LogP contribution in [-0.2, 0) is 0 Å². The summed E-state index contributed by atoms with van der Waals surface area (Å²) in [5, 5.41) is 4.98. The van der Waals surface area contributed by atoms with Crippen LogP contribution in [0, 0.1) is 0 Å². The smallest absolute Gasteiger partial charge is 0.0619 e. The number of para-hydroxylation sites is 1. The Morgan fingerprint density at radius 2 is 0.783 bits per heavy atom. The van der Waals surface area contributed by atoms with E-state index in [4.69, 9.17) is 0 Å². The lowest BCUT2D eigenvalue weighted by molar-refractivity contribution is 1.19. The van der Waals surface area contributed by atoms with Crippen LogP contribution in [0.5, 0.6) is 0 Å². The molecule has 0 saturated carbocycles. The molecular weight excluding hydrogens is 725 g/mol. The van der Waals surface area contributed by atoms with Gasteiger partial charge in [0.2, 0.25) is 0 Å². The molecule has 11 aromatic rings. The molecule has 2 nitrogen and oxygen atoms in total. The molecule has 282 valence electrons. The standard InChI is InChI=1S/C58H40N2/c1-4-14-41(15-5-1)43-26-28-44(29-27-43)46-32-37-51(38-33-46)59(50-35-30-45(31-36-50)42-16-6-2-7-17-42)52-22-12-19-48(40-52)53-24-13-25-56-57(53)55-39-34-47-18-10-11-23-54(47)58(55)60(56)49-20-8-3-9-21-49/h1-40H. The van der Waals surface area contributed by atoms with Crippen molar-refractivity contribution in [2.24, 2.45) is 0 Å². The maximum atomic E-state index is 2.44. The van der Waals surface area contributed by atoms with Crippen molar-refractivity contribution in [3.05, 3.63) is 243 Å². The van der Waals surface area contributed by atoms with Crippen molar-refractivity contribution in [3.8, 4) is 50.2 Å². The highest BCUT2D eigenvalue weighted by Gasteiger charge is 2.20. The Labute approximate surface area is 350 Å². The maximum Gasteiger partial charge on any atom is 0.0619 e. The first-order valence-corrected chi connectivity index (χ1v) is 20.6. The first-order chi connectivity index (χ1) is 29.8. The van der Waals surface area contributed by atoms with Gasteiger partial charge >= 0.3 is 0 Å². The summed E-state index contributed by atoms with van der Waals surface area (Å²) in [5.41, 5.74) is 16.4. The van der Waals surface area contributed by atoms with E-state index >= 15 is 0 Å². The molecule has 0 fully saturated rings. The lowest BCUT2D eigenvalue weighted by atomic mass is 9.97. The number of fused-ring (bicyclic) bond motifs is 5. The van der Waals surface area contributed by atoms with Gasteiger partial charge in [0.05, 0.1) is 11.0 Å². The van der Waals surface area contributed by atoms with Gasteiger partial charge in [0.15, 0.2) is 0 Å². The Kier molecular flexibility index (Phi) is 8.87. The quantitative estimate of drug-likeness (QED) is 0.150. The predicted octanol–water partition coefficient (Wildman–Crippen LogP) is 16.1. The van der Waals surface area contributed by atoms with Crippen LogP contribution in [0.4, 0.5) is 17.1 Å². The molecule has 10 aromatic carbocycles. The second-order valence-electron chi connectivity index (χ2n) is 15.3. The van der Waals surface area contributed by atoms with Gasteiger partial charge < -0.3 is 9.47 Å². The van der Waals surface area contributed by atoms with Crippen molar-refractivity contribution in [2.45, 2.75) is 0 Å². The predicted molar refractivity (Wildman–Crippen MR) is 255 cm³/mol. The van der Waals surface area contributed by atoms with Gasteiger partial charge in [-0.3, -0.25) is 0 Å². The van der Waals surface area contributed by atoms with Crippen molar-refractivity contribution in [2.75, 3.05) is 4.90 Å². The van der Waals surface area contributed by atoms with Crippen LogP contribution >= 0.6 is 0 Å². The highest BCUT2D eigenvalue weighted by molar-refractivity contribution is 6.22. The molecule has 11 rings (SSSR count). The fraction of sp³-hybridized carbons (Fsp3) is 0. The summed E-state index contributed by atoms with van der Waals surface area (Å²) in [4.78, 5) is 2.38. The van der Waals surface area contributed by atoms with Crippen LogP contribution in [0.2, 0.25) is 0 Å². The molecule has 0 atom stereocenters. The van der Waals surface area contributed by atoms with Crippen LogP contribution in [0.1, 0.15) is 0 Å². The van der Waals surface area contributed by atoms with Gasteiger partial charge in [0.25, 0.3) is 0 Å². The Morgan fingerprint density at radius 1 is 0.300 bits per heavy atom. The molecule has 0 radical (unpaired) electrons. The van der Waals surface area contributed by atoms with Gasteiger partial charge in [0.1, 0.15) is 0 Å². The molecule has 0 bridgehead atoms. The highest BCUT2D eigenvalue weighted by Crippen LogP contribution is 2.43. The van der Waals surface area contributed by atoms with E-state index in [1.54, 1.807) is 0 Å². The molecule has 0 aliphatic heterocycles. The average Bonchev–Trinajstić information content (AvgIpc) is 3.68. The molecule has 0 saturated heterocycles. The minimum atomic E-state index is 1.09. The number of anilines is 3. The average molecular weight is 765 g/mol. The number of nitrogens with zero attached hydrogens (tertiary/aromatic N) is 2. The third-order valence-electron chi connectivity index (χ3n) is 11.8. The van der Waals surface area contributed by atoms with Crippen molar-refractivity contribution < 1.29 is 0 Å². The van der Waals surface area contributed by atoms with Crippen LogP contribution in [0.25, 0.3) is 82.8 Å². The largest absolute Gasteiger partial charge is 0.310 e. The summed E-state index contributed by atoms with van der Waals surface area (Å²) in [7, 11) is 0. The van der Waals surface area contributed by atoms with Gasteiger partial charge in [-0.25, -0.2) is 0 Å². The molecule has 60 heavy (non-hydrogen) atoms. The summed E-state index contributed by atoms with van der Waals surface area (Å²) in [6.45, 7) is 0. The molecular formula is C58H40N2. The summed E-state index contributed by atoms with van der Waals surface area (Å²) < 4.78 is 2.44. The zero-order chi connectivity index (χ0) is 39.8. The highest BCUT2D eigenvalue weighted by atomic mass is 15.1. The fourth-order valence-corrected chi connectivity index (χ4v) is 8.90. The van der Waals surface area contributed by atoms with E-state index in [2.05, 4.69) is 252 Å². The summed E-state index contributed by atoms with van der Waals surface area (Å²) in [6.07, 6.45) is 0. The molecule has 0 unspecified atom stereocenters. The molecule has 2 heteroatoms. The van der Waals surface area contributed by atoms with E-state index in [9.17, 15) is 0 Å². The summed E-state index contributed by atoms with van der Waals surface area (Å²) >= 11 is 0. The maximum absolute atomic E-state index is 2.44. The zero-order valence-corrected chi connectivity index (χ0v) is 33.0. The minimum Gasteiger partial charge on any atom is -0.310 e. The molecule has 1 heterocycles. The van der Waals surface area contributed by atoms with Crippen molar-refractivity contribution >= 4 is 49.6 Å². The van der Waals surface area contributed by atoms with Crippen molar-refractivity contribution in [1.82, 2.24) is 4.57 Å². The number of rotatable bonds is 8. The molecule has 1 aromatic heterocycles. The lowest BCUT2D eigenvalue weighted by Gasteiger charge is -2.26. The molecule has 0 spiro atoms. The molecule has 0 amide bonds. The number of hydrogen-bond donors (Lipinski definition) is 0. The number of benzene rings is 10. The first kappa shape index (κ1) is 35.2. The Balaban J connectivity index is 1.04. The SMILES string of the molecule is c1ccc(-c2ccc(-c3ccc(N(c4ccc(-c5ccccc5)cc4)c4cccc(-c5cccc6c5c5ccc7ccccc7c5n6-c5ccccc5)c4)cc3)cc2)cc1. The fourth-order valence-electron chi connectivity index (χ4n) is 8.90. The second-order valence-corrected chi connectivity index (χ2v) is 15.3. The summed E-state index contributed by atoms with van der Waals surface area (Å²) in [6, 6.07) is 87.8. The van der Waals surface area contributed by atoms with Crippen LogP contribution in [0.3, 0.4) is 0 Å². The van der Waals surface area contributed by atoms with E-state index < -0.39 is 0 Å². The van der Waals surface area contributed by atoms with E-state index in [0.29, 0.717) is 0 Å². The van der Waals surface area contributed by atoms with Gasteiger partial charge in [-0.15, -0.1) is 0 Å². The summed E-state index contributed by atoms with van der Waals surface area (Å²) in [5.74, 6) is 0. The van der Waals surface area contributed by atoms with Crippen molar-refractivity contribution in [3.63, 3.8) is 0 Å². The lowest BCUT2D eigenvalue weighted by Crippen LogP contribution is -2.10. The third-order valence-corrected chi connectivity index (χ3v) is 11.8. The van der Waals surface area contributed by atoms with E-state index in [-0.39, 0.29) is 0 Å². The molecule has 0 aliphatic carbocycles. The van der Waals surface area contributed by atoms with E-state index in [1.807, 2.05) is 0 Å². The second kappa shape index (κ2) is 15.1. The first-order valence-electron chi connectivity index (χ1n) is 20.6. The van der Waals surface area contributed by atoms with E-state index in [1.165, 1.54) is 77.1 Å². The number of hydrogen-bond acceptors (Lipinski definition) is 1. The normalized spacial score (nSPS) is 11.3. The van der Waals surface area contributed by atoms with Crippen LogP contribution in [-0.4, -0.2) is 4.57 Å². The Hall–Kier alpha value is -7.94. The monoisotopic (exact) mass is 764 g/mol. The molecule has 0 N–H and O–H groups in total. The topological polar surface area (TPSA) is 8.17 Å². The van der Waals surface area contributed by atoms with Gasteiger partial charge in [-0.05, 0) is 104 Å². The minimum absolute atomic E-state index is 1.09. The van der Waals surface area contributed by atoms with Gasteiger partial charge in [-0.1, -0.05) is 188 Å². The molecule has 0 aliphatic rings.